The number of halogens is 1. The number of nitrogens with one attached hydrogen (secondary N) is 1. The van der Waals surface area contributed by atoms with E-state index in [2.05, 4.69) is 28.9 Å². The van der Waals surface area contributed by atoms with E-state index >= 15 is 0 Å². The molecule has 0 fully saturated rings. The molecule has 1 aliphatic heterocycles. The van der Waals surface area contributed by atoms with Crippen LogP contribution in [0.25, 0.3) is 0 Å². The van der Waals surface area contributed by atoms with Crippen LogP contribution >= 0.6 is 11.8 Å². The lowest BCUT2D eigenvalue weighted by Crippen LogP contribution is -2.29. The van der Waals surface area contributed by atoms with Crippen LogP contribution in [0.15, 0.2) is 77.6 Å². The van der Waals surface area contributed by atoms with Gasteiger partial charge in [-0.25, -0.2) is 13.9 Å². The Morgan fingerprint density at radius 2 is 2.03 bits per heavy atom. The fraction of sp³-hybridized carbons (Fsp3) is 0.269. The van der Waals surface area contributed by atoms with Crippen molar-refractivity contribution in [3.05, 3.63) is 89.4 Å². The summed E-state index contributed by atoms with van der Waals surface area (Å²) in [5.74, 6) is 1.27. The number of nitrogens with zero attached hydrogens (tertiary/aromatic N) is 3. The minimum atomic E-state index is -0.535. The summed E-state index contributed by atoms with van der Waals surface area (Å²) in [5.41, 5.74) is 2.38. The highest BCUT2D eigenvalue weighted by molar-refractivity contribution is 7.99. The molecule has 0 bridgehead atoms. The number of allylic oxidation sites excluding steroid dienone is 1. The van der Waals surface area contributed by atoms with Gasteiger partial charge in [0.2, 0.25) is 11.1 Å². The number of hydrogen-bond donors (Lipinski definition) is 1. The summed E-state index contributed by atoms with van der Waals surface area (Å²) in [5, 5.41) is 8.50. The van der Waals surface area contributed by atoms with Gasteiger partial charge in [-0.05, 0) is 37.1 Å². The summed E-state index contributed by atoms with van der Waals surface area (Å²) in [7, 11) is 0. The Bertz CT molecular complexity index is 1240. The van der Waals surface area contributed by atoms with Gasteiger partial charge >= 0.3 is 5.97 Å². The lowest BCUT2D eigenvalue weighted by atomic mass is 9.96. The van der Waals surface area contributed by atoms with E-state index in [-0.39, 0.29) is 19.0 Å². The minimum absolute atomic E-state index is 0.104. The van der Waals surface area contributed by atoms with Gasteiger partial charge in [0.25, 0.3) is 0 Å². The molecule has 4 rings (SSSR count). The number of ether oxygens (including phenoxy) is 2. The first-order valence-electron chi connectivity index (χ1n) is 11.3. The predicted octanol–water partition coefficient (Wildman–Crippen LogP) is 5.52. The molecule has 7 nitrogen and oxygen atoms in total. The highest BCUT2D eigenvalue weighted by atomic mass is 32.2. The molecule has 2 heterocycles. The van der Waals surface area contributed by atoms with Gasteiger partial charge in [0.05, 0.1) is 5.57 Å². The van der Waals surface area contributed by atoms with Gasteiger partial charge in [0, 0.05) is 17.0 Å². The quantitative estimate of drug-likeness (QED) is 0.226. The normalized spacial score (nSPS) is 14.8. The van der Waals surface area contributed by atoms with E-state index in [1.165, 1.54) is 12.1 Å². The van der Waals surface area contributed by atoms with E-state index in [4.69, 9.17) is 9.47 Å². The molecular formula is C26H27FN4O3S. The molecule has 0 radical (unpaired) electrons. The second-order valence-corrected chi connectivity index (χ2v) is 8.98. The number of hydrogen-bond acceptors (Lipinski definition) is 7. The zero-order valence-corrected chi connectivity index (χ0v) is 20.5. The standard InChI is InChI=1S/C26H27FN4O3S/c1-4-14-33-24(32)22-17(3)28-25-29-26(35-15-5-2)30-31(25)23(22)18-10-12-20(13-11-18)34-16-19-8-6-7-9-21(19)27/h4,6-13,23H,1,5,14-16H2,2-3H3,(H,28,29,30). The molecule has 1 N–H and O–H groups in total. The smallest absolute Gasteiger partial charge is 0.338 e. The Kier molecular flexibility index (Phi) is 7.87. The number of anilines is 1. The number of thioether (sulfide) groups is 1. The average Bonchev–Trinajstić information content (AvgIpc) is 3.27. The lowest BCUT2D eigenvalue weighted by Gasteiger charge is -2.28. The first kappa shape index (κ1) is 24.5. The van der Waals surface area contributed by atoms with Gasteiger partial charge in [-0.2, -0.15) is 4.98 Å². The molecule has 35 heavy (non-hydrogen) atoms. The van der Waals surface area contributed by atoms with Crippen LogP contribution < -0.4 is 10.1 Å². The van der Waals surface area contributed by atoms with Crippen LogP contribution in [0, 0.1) is 5.82 Å². The number of fused-ring (bicyclic) bond motifs is 1. The maximum atomic E-state index is 13.9. The van der Waals surface area contributed by atoms with E-state index in [1.807, 2.05) is 19.1 Å². The van der Waals surface area contributed by atoms with Crippen molar-refractivity contribution in [1.29, 1.82) is 0 Å². The molecule has 0 saturated heterocycles. The van der Waals surface area contributed by atoms with Crippen molar-refractivity contribution in [2.75, 3.05) is 17.7 Å². The van der Waals surface area contributed by atoms with Gasteiger partial charge < -0.3 is 14.8 Å². The number of benzene rings is 2. The summed E-state index contributed by atoms with van der Waals surface area (Å²) >= 11 is 1.56. The van der Waals surface area contributed by atoms with Gasteiger partial charge in [-0.15, -0.1) is 5.10 Å². The van der Waals surface area contributed by atoms with E-state index in [0.29, 0.717) is 33.7 Å². The van der Waals surface area contributed by atoms with Crippen LogP contribution in [-0.4, -0.2) is 33.1 Å². The first-order chi connectivity index (χ1) is 17.0. The molecule has 1 atom stereocenters. The Morgan fingerprint density at radius 3 is 2.74 bits per heavy atom. The molecular weight excluding hydrogens is 467 g/mol. The van der Waals surface area contributed by atoms with Gasteiger partial charge in [0.15, 0.2) is 0 Å². The van der Waals surface area contributed by atoms with E-state index < -0.39 is 12.0 Å². The third-order valence-corrected chi connectivity index (χ3v) is 6.41. The van der Waals surface area contributed by atoms with Crippen LogP contribution in [-0.2, 0) is 16.1 Å². The fourth-order valence-corrected chi connectivity index (χ4v) is 4.38. The topological polar surface area (TPSA) is 78.3 Å². The molecule has 0 aliphatic carbocycles. The molecule has 0 amide bonds. The molecule has 2 aromatic carbocycles. The Balaban J connectivity index is 1.63. The van der Waals surface area contributed by atoms with Crippen LogP contribution in [0.3, 0.4) is 0 Å². The molecule has 0 saturated carbocycles. The average molecular weight is 495 g/mol. The zero-order chi connectivity index (χ0) is 24.8. The van der Waals surface area contributed by atoms with Crippen LogP contribution in [0.4, 0.5) is 10.3 Å². The monoisotopic (exact) mass is 494 g/mol. The van der Waals surface area contributed by atoms with Crippen molar-refractivity contribution in [2.24, 2.45) is 0 Å². The Labute approximate surface area is 208 Å². The summed E-state index contributed by atoms with van der Waals surface area (Å²) in [6.45, 7) is 7.75. The number of carbonyl (C=O) groups excluding carboxylic acids is 1. The first-order valence-corrected chi connectivity index (χ1v) is 12.3. The molecule has 182 valence electrons. The van der Waals surface area contributed by atoms with E-state index in [0.717, 1.165) is 17.7 Å². The third kappa shape index (κ3) is 5.57. The largest absolute Gasteiger partial charge is 0.489 e. The van der Waals surface area contributed by atoms with Crippen molar-refractivity contribution in [1.82, 2.24) is 14.8 Å². The fourth-order valence-electron chi connectivity index (χ4n) is 3.69. The molecule has 1 unspecified atom stereocenters. The van der Waals surface area contributed by atoms with E-state index in [9.17, 15) is 9.18 Å². The Morgan fingerprint density at radius 1 is 1.26 bits per heavy atom. The number of aromatic nitrogens is 3. The van der Waals surface area contributed by atoms with Crippen LogP contribution in [0.1, 0.15) is 37.4 Å². The molecule has 1 aliphatic rings. The summed E-state index contributed by atoms with van der Waals surface area (Å²) < 4.78 is 26.8. The summed E-state index contributed by atoms with van der Waals surface area (Å²) in [6.07, 6.45) is 2.53. The van der Waals surface area contributed by atoms with Crippen molar-refractivity contribution in [2.45, 2.75) is 38.1 Å². The van der Waals surface area contributed by atoms with Crippen molar-refractivity contribution < 1.29 is 18.7 Å². The Hall–Kier alpha value is -3.59. The predicted molar refractivity (Wildman–Crippen MR) is 134 cm³/mol. The van der Waals surface area contributed by atoms with Crippen molar-refractivity contribution >= 4 is 23.7 Å². The summed E-state index contributed by atoms with van der Waals surface area (Å²) in [4.78, 5) is 17.6. The minimum Gasteiger partial charge on any atom is -0.489 e. The number of rotatable bonds is 10. The molecule has 1 aromatic heterocycles. The van der Waals surface area contributed by atoms with E-state index in [1.54, 1.807) is 46.8 Å². The second kappa shape index (κ2) is 11.2. The van der Waals surface area contributed by atoms with Gasteiger partial charge in [0.1, 0.15) is 30.8 Å². The van der Waals surface area contributed by atoms with Crippen molar-refractivity contribution in [3.8, 4) is 5.75 Å². The zero-order valence-electron chi connectivity index (χ0n) is 19.7. The highest BCUT2D eigenvalue weighted by Crippen LogP contribution is 2.37. The third-order valence-electron chi connectivity index (χ3n) is 5.37. The number of esters is 1. The second-order valence-electron chi connectivity index (χ2n) is 7.91. The van der Waals surface area contributed by atoms with Gasteiger partial charge in [-0.3, -0.25) is 0 Å². The maximum Gasteiger partial charge on any atom is 0.338 e. The molecule has 9 heteroatoms. The highest BCUT2D eigenvalue weighted by Gasteiger charge is 2.35. The van der Waals surface area contributed by atoms with Crippen LogP contribution in [0.5, 0.6) is 5.75 Å². The maximum absolute atomic E-state index is 13.9. The SMILES string of the molecule is C=CCOC(=O)C1=C(C)Nc2nc(SCCC)nn2C1c1ccc(OCc2ccccc2F)cc1. The molecule has 3 aromatic rings. The number of carbonyl (C=O) groups is 1. The van der Waals surface area contributed by atoms with Gasteiger partial charge in [-0.1, -0.05) is 61.7 Å². The lowest BCUT2D eigenvalue weighted by molar-refractivity contribution is -0.138. The van der Waals surface area contributed by atoms with Crippen molar-refractivity contribution in [3.63, 3.8) is 0 Å². The molecule has 0 spiro atoms. The summed E-state index contributed by atoms with van der Waals surface area (Å²) in [6, 6.07) is 13.3. The van der Waals surface area contributed by atoms with Crippen LogP contribution in [0.2, 0.25) is 0 Å².